The number of Topliss-reactive ketones (excluding diaryl/α,β-unsaturated/α-hetero) is 2. The smallest absolute Gasteiger partial charge is 0.327 e. The molecule has 0 unspecified atom stereocenters. The van der Waals surface area contributed by atoms with Crippen molar-refractivity contribution in [1.29, 1.82) is 0 Å². The maximum absolute atomic E-state index is 13.8. The lowest BCUT2D eigenvalue weighted by molar-refractivity contribution is -0.140. The highest BCUT2D eigenvalue weighted by Gasteiger charge is 2.88. The van der Waals surface area contributed by atoms with E-state index in [4.69, 9.17) is 9.15 Å². The Labute approximate surface area is 187 Å². The summed E-state index contributed by atoms with van der Waals surface area (Å²) in [7, 11) is 0. The van der Waals surface area contributed by atoms with Gasteiger partial charge in [0.15, 0.2) is 17.0 Å². The average molecular weight is 479 g/mol. The van der Waals surface area contributed by atoms with E-state index in [1.54, 1.807) is 37.3 Å². The molecule has 1 aliphatic carbocycles. The number of ether oxygens (including phenoxy) is 1. The van der Waals surface area contributed by atoms with Crippen molar-refractivity contribution < 1.29 is 23.5 Å². The Kier molecular flexibility index (Phi) is 4.35. The number of fused-ring (bicyclic) bond motifs is 3. The molecule has 5 nitrogen and oxygen atoms in total. The summed E-state index contributed by atoms with van der Waals surface area (Å²) in [5.41, 5.74) is -0.739. The lowest BCUT2D eigenvalue weighted by Crippen LogP contribution is -2.39. The molecule has 1 aliphatic heterocycles. The summed E-state index contributed by atoms with van der Waals surface area (Å²) >= 11 is 3.45. The molecule has 1 fully saturated rings. The fourth-order valence-electron chi connectivity index (χ4n) is 5.07. The van der Waals surface area contributed by atoms with Crippen molar-refractivity contribution in [3.05, 3.63) is 87.8 Å². The van der Waals surface area contributed by atoms with Crippen molar-refractivity contribution in [3.8, 4) is 5.75 Å². The van der Waals surface area contributed by atoms with Gasteiger partial charge in [-0.05, 0) is 42.3 Å². The van der Waals surface area contributed by atoms with E-state index >= 15 is 0 Å². The van der Waals surface area contributed by atoms with Gasteiger partial charge in [-0.1, -0.05) is 54.0 Å². The third-order valence-corrected chi connectivity index (χ3v) is 7.25. The molecule has 2 aromatic carbocycles. The highest BCUT2D eigenvalue weighted by molar-refractivity contribution is 9.10. The Bertz CT molecular complexity index is 1230. The topological polar surface area (TPSA) is 73.6 Å². The predicted molar refractivity (Wildman–Crippen MR) is 116 cm³/mol. The molecule has 6 heteroatoms. The zero-order chi connectivity index (χ0) is 22.0. The Balaban J connectivity index is 1.70. The minimum absolute atomic E-state index is 0.0400. The largest absolute Gasteiger partial charge is 0.461 e. The second-order valence-corrected chi connectivity index (χ2v) is 9.12. The van der Waals surface area contributed by atoms with E-state index in [-0.39, 0.29) is 11.5 Å². The van der Waals surface area contributed by atoms with Crippen molar-refractivity contribution >= 4 is 33.5 Å². The van der Waals surface area contributed by atoms with Crippen LogP contribution in [-0.4, -0.2) is 17.5 Å². The van der Waals surface area contributed by atoms with Crippen LogP contribution in [0.2, 0.25) is 0 Å². The third-order valence-electron chi connectivity index (χ3n) is 6.75. The van der Waals surface area contributed by atoms with Gasteiger partial charge < -0.3 is 9.15 Å². The first-order valence-corrected chi connectivity index (χ1v) is 10.9. The van der Waals surface area contributed by atoms with Crippen molar-refractivity contribution in [1.82, 2.24) is 0 Å². The van der Waals surface area contributed by atoms with E-state index in [9.17, 15) is 14.4 Å². The van der Waals surface area contributed by atoms with Crippen LogP contribution in [0.15, 0.2) is 69.8 Å². The summed E-state index contributed by atoms with van der Waals surface area (Å²) in [5, 5.41) is 0. The molecule has 1 saturated carbocycles. The number of hydrogen-bond acceptors (Lipinski definition) is 5. The zero-order valence-electron chi connectivity index (χ0n) is 17.0. The quantitative estimate of drug-likeness (QED) is 0.213. The van der Waals surface area contributed by atoms with Gasteiger partial charge in [0.1, 0.15) is 5.75 Å². The second kappa shape index (κ2) is 6.76. The van der Waals surface area contributed by atoms with Gasteiger partial charge in [-0.2, -0.15) is 0 Å². The van der Waals surface area contributed by atoms with Crippen molar-refractivity contribution in [2.24, 2.45) is 10.8 Å². The van der Waals surface area contributed by atoms with Gasteiger partial charge in [-0.15, -0.1) is 0 Å². The van der Waals surface area contributed by atoms with Crippen LogP contribution in [0.4, 0.5) is 0 Å². The van der Waals surface area contributed by atoms with Gasteiger partial charge in [-0.25, -0.2) is 0 Å². The van der Waals surface area contributed by atoms with E-state index in [0.29, 0.717) is 16.9 Å². The molecule has 156 valence electrons. The third kappa shape index (κ3) is 2.51. The number of aryl methyl sites for hydroxylation is 1. The van der Waals surface area contributed by atoms with Gasteiger partial charge in [0.25, 0.3) is 0 Å². The number of esters is 1. The van der Waals surface area contributed by atoms with Crippen LogP contribution < -0.4 is 4.74 Å². The number of halogens is 1. The number of carbonyl (C=O) groups excluding carboxylic acids is 3. The highest BCUT2D eigenvalue weighted by Crippen LogP contribution is 2.79. The van der Waals surface area contributed by atoms with Gasteiger partial charge in [0, 0.05) is 21.5 Å². The summed E-state index contributed by atoms with van der Waals surface area (Å²) in [6.45, 7) is 3.72. The van der Waals surface area contributed by atoms with Crippen LogP contribution in [0.5, 0.6) is 5.75 Å². The Hall–Kier alpha value is -2.99. The molecule has 3 aromatic rings. The molecular formula is C25H19BrO5. The SMILES string of the molecule is CCc1ccc(C(=O)[C@]2(C)[C@H]3c4cc(Br)ccc4OC(=O)[C@]32C(=O)c2ccco2)cc1. The Morgan fingerprint density at radius 1 is 1.06 bits per heavy atom. The molecule has 0 amide bonds. The lowest BCUT2D eigenvalue weighted by Gasteiger charge is -2.22. The summed E-state index contributed by atoms with van der Waals surface area (Å²) in [5.74, 6) is -1.74. The molecule has 31 heavy (non-hydrogen) atoms. The van der Waals surface area contributed by atoms with Gasteiger partial charge in [0.2, 0.25) is 5.78 Å². The Morgan fingerprint density at radius 3 is 2.45 bits per heavy atom. The van der Waals surface area contributed by atoms with Crippen LogP contribution in [0.1, 0.15) is 51.8 Å². The van der Waals surface area contributed by atoms with Crippen molar-refractivity contribution in [3.63, 3.8) is 0 Å². The fraction of sp³-hybridized carbons (Fsp3) is 0.240. The van der Waals surface area contributed by atoms with Gasteiger partial charge in [-0.3, -0.25) is 14.4 Å². The first kappa shape index (κ1) is 19.9. The number of furan rings is 1. The summed E-state index contributed by atoms with van der Waals surface area (Å²) in [6, 6.07) is 15.7. The molecule has 1 aromatic heterocycles. The number of hydrogen-bond donors (Lipinski definition) is 0. The molecule has 2 heterocycles. The minimum Gasteiger partial charge on any atom is -0.461 e. The van der Waals surface area contributed by atoms with Crippen molar-refractivity contribution in [2.75, 3.05) is 0 Å². The van der Waals surface area contributed by atoms with Crippen LogP contribution in [0, 0.1) is 10.8 Å². The first-order valence-electron chi connectivity index (χ1n) is 10.1. The number of carbonyl (C=O) groups is 3. The molecule has 0 radical (unpaired) electrons. The van der Waals surface area contributed by atoms with Gasteiger partial charge >= 0.3 is 5.97 Å². The number of rotatable bonds is 5. The molecule has 0 saturated heterocycles. The lowest BCUT2D eigenvalue weighted by atomic mass is 9.83. The van der Waals surface area contributed by atoms with E-state index in [0.717, 1.165) is 16.5 Å². The maximum atomic E-state index is 13.8. The summed E-state index contributed by atoms with van der Waals surface area (Å²) in [4.78, 5) is 40.8. The average Bonchev–Trinajstić information content (AvgIpc) is 3.09. The number of ketones is 2. The summed E-state index contributed by atoms with van der Waals surface area (Å²) < 4.78 is 11.7. The minimum atomic E-state index is -1.67. The van der Waals surface area contributed by atoms with Crippen LogP contribution in [-0.2, 0) is 11.2 Å². The van der Waals surface area contributed by atoms with E-state index < -0.39 is 28.5 Å². The molecular weight excluding hydrogens is 460 g/mol. The van der Waals surface area contributed by atoms with Crippen LogP contribution in [0.3, 0.4) is 0 Å². The van der Waals surface area contributed by atoms with Crippen LogP contribution >= 0.6 is 15.9 Å². The normalized spacial score (nSPS) is 25.9. The molecule has 0 N–H and O–H groups in total. The first-order chi connectivity index (χ1) is 14.9. The maximum Gasteiger partial charge on any atom is 0.327 e. The molecule has 0 bridgehead atoms. The Morgan fingerprint density at radius 2 is 1.81 bits per heavy atom. The summed E-state index contributed by atoms with van der Waals surface area (Å²) in [6.07, 6.45) is 2.23. The molecule has 5 rings (SSSR count). The second-order valence-electron chi connectivity index (χ2n) is 8.20. The van der Waals surface area contributed by atoms with Gasteiger partial charge in [0.05, 0.1) is 11.7 Å². The van der Waals surface area contributed by atoms with Crippen molar-refractivity contribution in [2.45, 2.75) is 26.2 Å². The molecule has 0 spiro atoms. The molecule has 2 aliphatic rings. The van der Waals surface area contributed by atoms with Crippen LogP contribution in [0.25, 0.3) is 0 Å². The highest BCUT2D eigenvalue weighted by atomic mass is 79.9. The van der Waals surface area contributed by atoms with E-state index in [1.165, 1.54) is 12.3 Å². The number of benzene rings is 2. The fourth-order valence-corrected chi connectivity index (χ4v) is 5.45. The standard InChI is InChI=1S/C25H19BrO5/c1-3-14-6-8-15(9-7-14)21(27)24(2)20-17-13-16(26)10-11-18(17)31-23(29)25(20,24)22(28)19-5-4-12-30-19/h4-13,20H,3H2,1-2H3/t20-,24+,25-/m1/s1. The monoisotopic (exact) mass is 478 g/mol. The predicted octanol–water partition coefficient (Wildman–Crippen LogP) is 5.38. The zero-order valence-corrected chi connectivity index (χ0v) is 18.6. The van der Waals surface area contributed by atoms with E-state index in [1.807, 2.05) is 25.1 Å². The van der Waals surface area contributed by atoms with E-state index in [2.05, 4.69) is 15.9 Å². The molecule has 3 atom stereocenters.